The Bertz CT molecular complexity index is 345. The number of carbonyl (C=O) groups is 1. The monoisotopic (exact) mass is 311 g/mol. The van der Waals surface area contributed by atoms with Gasteiger partial charge in [-0.1, -0.05) is 60.8 Å². The van der Waals surface area contributed by atoms with Crippen molar-refractivity contribution in [1.29, 1.82) is 0 Å². The molecule has 0 N–H and O–H groups in total. The van der Waals surface area contributed by atoms with Gasteiger partial charge in [-0.25, -0.2) is 0 Å². The van der Waals surface area contributed by atoms with Gasteiger partial charge in [0.15, 0.2) is 0 Å². The zero-order valence-electron chi connectivity index (χ0n) is 15.9. The molecule has 1 saturated carbocycles. The highest BCUT2D eigenvalue weighted by Gasteiger charge is 2.36. The number of amides is 1. The van der Waals surface area contributed by atoms with E-state index in [1.54, 1.807) is 4.90 Å². The molecule has 1 unspecified atom stereocenters. The van der Waals surface area contributed by atoms with Crippen molar-refractivity contribution in [2.24, 2.45) is 16.7 Å². The van der Waals surface area contributed by atoms with E-state index in [1.165, 1.54) is 19.3 Å². The molecule has 0 aromatic rings. The zero-order valence-corrected chi connectivity index (χ0v) is 15.9. The number of nitrogens with zero attached hydrogens (tertiary/aromatic N) is 1. The molecule has 0 aromatic heterocycles. The highest BCUT2D eigenvalue weighted by atomic mass is 16.5. The number of carbonyl (C=O) groups excluding carboxylic acids is 1. The standard InChI is InChI=1S/C19H37NO2/c1-18(2,3)13-16(19(4,5)6)17(21)20(7)14-22-15-11-9-8-10-12-15/h15-16H,8-14H2,1-7H3. The molecular formula is C19H37NO2. The lowest BCUT2D eigenvalue weighted by molar-refractivity contribution is -0.146. The summed E-state index contributed by atoms with van der Waals surface area (Å²) in [6.07, 6.45) is 7.39. The molecular weight excluding hydrogens is 274 g/mol. The Morgan fingerprint density at radius 3 is 2.09 bits per heavy atom. The highest BCUT2D eigenvalue weighted by molar-refractivity contribution is 5.79. The van der Waals surface area contributed by atoms with Gasteiger partial charge < -0.3 is 9.64 Å². The average molecular weight is 312 g/mol. The van der Waals surface area contributed by atoms with E-state index in [0.717, 1.165) is 19.3 Å². The molecule has 130 valence electrons. The van der Waals surface area contributed by atoms with Gasteiger partial charge >= 0.3 is 0 Å². The largest absolute Gasteiger partial charge is 0.358 e. The zero-order chi connectivity index (χ0) is 17.0. The molecule has 0 heterocycles. The molecule has 0 aliphatic heterocycles. The van der Waals surface area contributed by atoms with Crippen molar-refractivity contribution in [2.45, 2.75) is 86.2 Å². The molecule has 0 bridgehead atoms. The summed E-state index contributed by atoms with van der Waals surface area (Å²) in [5.74, 6) is 0.255. The summed E-state index contributed by atoms with van der Waals surface area (Å²) in [5.41, 5.74) is 0.127. The van der Waals surface area contributed by atoms with E-state index >= 15 is 0 Å². The fourth-order valence-electron chi connectivity index (χ4n) is 3.15. The van der Waals surface area contributed by atoms with Crippen molar-refractivity contribution in [1.82, 2.24) is 4.90 Å². The molecule has 1 aliphatic rings. The quantitative estimate of drug-likeness (QED) is 0.679. The third-order valence-corrected chi connectivity index (χ3v) is 4.59. The van der Waals surface area contributed by atoms with Crippen molar-refractivity contribution in [2.75, 3.05) is 13.8 Å². The molecule has 1 rings (SSSR count). The Morgan fingerprint density at radius 2 is 1.64 bits per heavy atom. The maximum absolute atomic E-state index is 12.9. The van der Waals surface area contributed by atoms with Crippen LogP contribution in [0.1, 0.15) is 80.1 Å². The SMILES string of the molecule is CN(COC1CCCCC1)C(=O)C(CC(C)(C)C)C(C)(C)C. The molecule has 1 amide bonds. The molecule has 3 heteroatoms. The van der Waals surface area contributed by atoms with Crippen molar-refractivity contribution in [3.8, 4) is 0 Å². The Labute approximate surface area is 137 Å². The predicted octanol–water partition coefficient (Wildman–Crippen LogP) is 4.85. The van der Waals surface area contributed by atoms with E-state index in [0.29, 0.717) is 12.8 Å². The van der Waals surface area contributed by atoms with E-state index in [1.807, 2.05) is 7.05 Å². The maximum atomic E-state index is 12.9. The summed E-state index contributed by atoms with van der Waals surface area (Å²) in [4.78, 5) is 14.7. The van der Waals surface area contributed by atoms with Crippen molar-refractivity contribution >= 4 is 5.91 Å². The van der Waals surface area contributed by atoms with E-state index < -0.39 is 0 Å². The van der Waals surface area contributed by atoms with Crippen LogP contribution >= 0.6 is 0 Å². The minimum absolute atomic E-state index is 0.0243. The van der Waals surface area contributed by atoms with E-state index in [4.69, 9.17) is 4.74 Å². The number of hydrogen-bond acceptors (Lipinski definition) is 2. The van der Waals surface area contributed by atoms with Gasteiger partial charge in [0, 0.05) is 13.0 Å². The minimum atomic E-state index is -0.0243. The van der Waals surface area contributed by atoms with E-state index in [-0.39, 0.29) is 22.7 Å². The first-order chi connectivity index (χ1) is 10.0. The van der Waals surface area contributed by atoms with Crippen LogP contribution < -0.4 is 0 Å². The first-order valence-electron chi connectivity index (χ1n) is 8.87. The summed E-state index contributed by atoms with van der Waals surface area (Å²) >= 11 is 0. The fourth-order valence-corrected chi connectivity index (χ4v) is 3.15. The maximum Gasteiger partial charge on any atom is 0.227 e. The van der Waals surface area contributed by atoms with Crippen LogP contribution in [-0.4, -0.2) is 30.7 Å². The Hall–Kier alpha value is -0.570. The molecule has 22 heavy (non-hydrogen) atoms. The Kier molecular flexibility index (Phi) is 6.91. The Balaban J connectivity index is 2.59. The molecule has 1 atom stereocenters. The number of ether oxygens (including phenoxy) is 1. The second-order valence-corrected chi connectivity index (χ2v) is 9.28. The first kappa shape index (κ1) is 19.5. The van der Waals surface area contributed by atoms with E-state index in [2.05, 4.69) is 41.5 Å². The van der Waals surface area contributed by atoms with Crippen LogP contribution in [0.25, 0.3) is 0 Å². The third-order valence-electron chi connectivity index (χ3n) is 4.59. The van der Waals surface area contributed by atoms with Gasteiger partial charge in [0.1, 0.15) is 6.73 Å². The number of rotatable bonds is 5. The normalized spacial score (nSPS) is 19.0. The van der Waals surface area contributed by atoms with Crippen molar-refractivity contribution < 1.29 is 9.53 Å². The van der Waals surface area contributed by atoms with Gasteiger partial charge in [-0.2, -0.15) is 0 Å². The summed E-state index contributed by atoms with van der Waals surface area (Å²) < 4.78 is 5.96. The molecule has 1 fully saturated rings. The van der Waals surface area contributed by atoms with Gasteiger partial charge in [-0.05, 0) is 30.1 Å². The van der Waals surface area contributed by atoms with Gasteiger partial charge in [-0.3, -0.25) is 4.79 Å². The molecule has 0 aromatic carbocycles. The summed E-state index contributed by atoms with van der Waals surface area (Å²) in [6.45, 7) is 13.5. The van der Waals surface area contributed by atoms with Gasteiger partial charge in [0.2, 0.25) is 5.91 Å². The van der Waals surface area contributed by atoms with Gasteiger partial charge in [-0.15, -0.1) is 0 Å². The summed E-state index contributed by atoms with van der Waals surface area (Å²) in [7, 11) is 1.88. The van der Waals surface area contributed by atoms with Crippen LogP contribution in [0.4, 0.5) is 0 Å². The van der Waals surface area contributed by atoms with Crippen molar-refractivity contribution in [3.05, 3.63) is 0 Å². The highest BCUT2D eigenvalue weighted by Crippen LogP contribution is 2.37. The lowest BCUT2D eigenvalue weighted by atomic mass is 9.71. The third kappa shape index (κ3) is 6.68. The molecule has 3 nitrogen and oxygen atoms in total. The van der Waals surface area contributed by atoms with Crippen LogP contribution in [-0.2, 0) is 9.53 Å². The lowest BCUT2D eigenvalue weighted by Gasteiger charge is -2.37. The second kappa shape index (κ2) is 7.81. The van der Waals surface area contributed by atoms with Crippen LogP contribution in [0.3, 0.4) is 0 Å². The lowest BCUT2D eigenvalue weighted by Crippen LogP contribution is -2.42. The van der Waals surface area contributed by atoms with E-state index in [9.17, 15) is 4.79 Å². The fraction of sp³-hybridized carbons (Fsp3) is 0.947. The molecule has 0 saturated heterocycles. The smallest absolute Gasteiger partial charge is 0.227 e. The Morgan fingerprint density at radius 1 is 1.09 bits per heavy atom. The van der Waals surface area contributed by atoms with Crippen LogP contribution in [0.2, 0.25) is 0 Å². The average Bonchev–Trinajstić information content (AvgIpc) is 2.40. The first-order valence-corrected chi connectivity index (χ1v) is 8.87. The minimum Gasteiger partial charge on any atom is -0.358 e. The van der Waals surface area contributed by atoms with Crippen LogP contribution in [0, 0.1) is 16.7 Å². The van der Waals surface area contributed by atoms with Gasteiger partial charge in [0.05, 0.1) is 6.10 Å². The number of hydrogen-bond donors (Lipinski definition) is 0. The van der Waals surface area contributed by atoms with Crippen LogP contribution in [0.15, 0.2) is 0 Å². The molecule has 0 radical (unpaired) electrons. The topological polar surface area (TPSA) is 29.5 Å². The van der Waals surface area contributed by atoms with Gasteiger partial charge in [0.25, 0.3) is 0 Å². The second-order valence-electron chi connectivity index (χ2n) is 9.28. The van der Waals surface area contributed by atoms with Crippen LogP contribution in [0.5, 0.6) is 0 Å². The van der Waals surface area contributed by atoms with Crippen molar-refractivity contribution in [3.63, 3.8) is 0 Å². The molecule has 0 spiro atoms. The molecule has 1 aliphatic carbocycles. The summed E-state index contributed by atoms with van der Waals surface area (Å²) in [5, 5.41) is 0. The summed E-state index contributed by atoms with van der Waals surface area (Å²) in [6, 6.07) is 0. The predicted molar refractivity (Wildman–Crippen MR) is 92.6 cm³/mol.